The van der Waals surface area contributed by atoms with E-state index in [0.29, 0.717) is 17.7 Å². The Bertz CT molecular complexity index is 537. The van der Waals surface area contributed by atoms with Gasteiger partial charge < -0.3 is 14.9 Å². The Morgan fingerprint density at radius 1 is 1.32 bits per heavy atom. The smallest absolute Gasteiger partial charge is 0.247 e. The van der Waals surface area contributed by atoms with Crippen LogP contribution in [0.3, 0.4) is 0 Å². The zero-order valence-corrected chi connectivity index (χ0v) is 11.5. The Labute approximate surface area is 112 Å². The molecule has 5 heteroatoms. The van der Waals surface area contributed by atoms with Gasteiger partial charge in [-0.2, -0.15) is 0 Å². The van der Waals surface area contributed by atoms with Crippen LogP contribution in [0.4, 0.5) is 0 Å². The lowest BCUT2D eigenvalue weighted by Gasteiger charge is -2.08. The Hall–Kier alpha value is -1.88. The fourth-order valence-electron chi connectivity index (χ4n) is 1.87. The van der Waals surface area contributed by atoms with Crippen molar-refractivity contribution in [2.75, 3.05) is 7.11 Å². The van der Waals surface area contributed by atoms with Crippen molar-refractivity contribution in [3.63, 3.8) is 0 Å². The first-order valence-electron chi connectivity index (χ1n) is 6.33. The zero-order chi connectivity index (χ0) is 13.8. The first kappa shape index (κ1) is 13.5. The van der Waals surface area contributed by atoms with E-state index in [9.17, 15) is 0 Å². The van der Waals surface area contributed by atoms with Gasteiger partial charge in [-0.05, 0) is 30.5 Å². The van der Waals surface area contributed by atoms with E-state index in [2.05, 4.69) is 24.0 Å². The molecular formula is C14H19N3O2. The minimum atomic E-state index is -0.216. The minimum absolute atomic E-state index is 0.216. The maximum absolute atomic E-state index is 6.02. The summed E-state index contributed by atoms with van der Waals surface area (Å²) < 4.78 is 10.8. The summed E-state index contributed by atoms with van der Waals surface area (Å²) in [6.07, 6.45) is 0.819. The number of aromatic nitrogens is 2. The number of nitrogens with zero attached hydrogens (tertiary/aromatic N) is 2. The lowest BCUT2D eigenvalue weighted by molar-refractivity contribution is 0.406. The molecule has 102 valence electrons. The Kier molecular flexibility index (Phi) is 4.16. The molecule has 1 atom stereocenters. The van der Waals surface area contributed by atoms with Crippen molar-refractivity contribution in [2.24, 2.45) is 11.7 Å². The van der Waals surface area contributed by atoms with Gasteiger partial charge in [0.2, 0.25) is 11.8 Å². The van der Waals surface area contributed by atoms with E-state index in [1.165, 1.54) is 0 Å². The zero-order valence-electron chi connectivity index (χ0n) is 11.5. The second-order valence-electron chi connectivity index (χ2n) is 4.91. The van der Waals surface area contributed by atoms with Gasteiger partial charge in [-0.1, -0.05) is 19.9 Å². The summed E-state index contributed by atoms with van der Waals surface area (Å²) in [5.74, 6) is 2.19. The number of hydrogen-bond donors (Lipinski definition) is 1. The molecular weight excluding hydrogens is 242 g/mol. The van der Waals surface area contributed by atoms with Crippen LogP contribution in [-0.2, 0) is 0 Å². The molecule has 5 nitrogen and oxygen atoms in total. The van der Waals surface area contributed by atoms with Gasteiger partial charge >= 0.3 is 0 Å². The minimum Gasteiger partial charge on any atom is -0.497 e. The topological polar surface area (TPSA) is 74.2 Å². The molecule has 1 heterocycles. The molecule has 0 bridgehead atoms. The SMILES string of the molecule is COc1cccc(-c2nnc(C(N)CC(C)C)o2)c1. The summed E-state index contributed by atoms with van der Waals surface area (Å²) in [7, 11) is 1.62. The first-order valence-corrected chi connectivity index (χ1v) is 6.33. The van der Waals surface area contributed by atoms with Crippen LogP contribution in [0.2, 0.25) is 0 Å². The summed E-state index contributed by atoms with van der Waals surface area (Å²) in [6, 6.07) is 7.28. The fraction of sp³-hybridized carbons (Fsp3) is 0.429. The van der Waals surface area contributed by atoms with E-state index in [1.54, 1.807) is 7.11 Å². The molecule has 0 radical (unpaired) electrons. The van der Waals surface area contributed by atoms with Crippen LogP contribution in [0, 0.1) is 5.92 Å². The van der Waals surface area contributed by atoms with Crippen molar-refractivity contribution in [1.82, 2.24) is 10.2 Å². The first-order chi connectivity index (χ1) is 9.10. The van der Waals surface area contributed by atoms with Crippen molar-refractivity contribution in [3.8, 4) is 17.2 Å². The summed E-state index contributed by atoms with van der Waals surface area (Å²) in [4.78, 5) is 0. The highest BCUT2D eigenvalue weighted by Gasteiger charge is 2.16. The van der Waals surface area contributed by atoms with Gasteiger partial charge in [-0.15, -0.1) is 10.2 Å². The summed E-state index contributed by atoms with van der Waals surface area (Å²) in [6.45, 7) is 4.22. The van der Waals surface area contributed by atoms with E-state index in [4.69, 9.17) is 14.9 Å². The van der Waals surface area contributed by atoms with Crippen LogP contribution in [0.15, 0.2) is 28.7 Å². The van der Waals surface area contributed by atoms with E-state index >= 15 is 0 Å². The van der Waals surface area contributed by atoms with E-state index < -0.39 is 0 Å². The van der Waals surface area contributed by atoms with Gasteiger partial charge in [0.25, 0.3) is 0 Å². The van der Waals surface area contributed by atoms with Gasteiger partial charge in [0, 0.05) is 5.56 Å². The van der Waals surface area contributed by atoms with Crippen LogP contribution in [0.5, 0.6) is 5.75 Å². The molecule has 19 heavy (non-hydrogen) atoms. The maximum Gasteiger partial charge on any atom is 0.247 e. The molecule has 0 amide bonds. The maximum atomic E-state index is 6.02. The molecule has 1 unspecified atom stereocenters. The highest BCUT2D eigenvalue weighted by atomic mass is 16.5. The Balaban J connectivity index is 2.20. The van der Waals surface area contributed by atoms with Gasteiger partial charge in [0.15, 0.2) is 0 Å². The summed E-state index contributed by atoms with van der Waals surface area (Å²) in [5, 5.41) is 8.06. The number of methoxy groups -OCH3 is 1. The highest BCUT2D eigenvalue weighted by Crippen LogP contribution is 2.25. The standard InChI is InChI=1S/C14H19N3O2/c1-9(2)7-12(15)14-17-16-13(19-14)10-5-4-6-11(8-10)18-3/h4-6,8-9,12H,7,15H2,1-3H3. The number of benzene rings is 1. The van der Waals surface area contributed by atoms with Crippen LogP contribution >= 0.6 is 0 Å². The number of ether oxygens (including phenoxy) is 1. The lowest BCUT2D eigenvalue weighted by Crippen LogP contribution is -2.13. The summed E-state index contributed by atoms with van der Waals surface area (Å²) in [5.41, 5.74) is 6.85. The molecule has 0 aliphatic rings. The molecule has 2 rings (SSSR count). The van der Waals surface area contributed by atoms with Crippen LogP contribution in [-0.4, -0.2) is 17.3 Å². The van der Waals surface area contributed by atoms with Crippen molar-refractivity contribution in [1.29, 1.82) is 0 Å². The molecule has 0 saturated carbocycles. The van der Waals surface area contributed by atoms with Gasteiger partial charge in [0.05, 0.1) is 13.2 Å². The molecule has 2 N–H and O–H groups in total. The normalized spacial score (nSPS) is 12.7. The van der Waals surface area contributed by atoms with E-state index in [1.807, 2.05) is 24.3 Å². The monoisotopic (exact) mass is 261 g/mol. The molecule has 2 aromatic rings. The Morgan fingerprint density at radius 3 is 2.79 bits per heavy atom. The van der Waals surface area contributed by atoms with Crippen molar-refractivity contribution < 1.29 is 9.15 Å². The van der Waals surface area contributed by atoms with Crippen molar-refractivity contribution in [3.05, 3.63) is 30.2 Å². The molecule has 1 aromatic heterocycles. The van der Waals surface area contributed by atoms with Gasteiger partial charge in [-0.25, -0.2) is 0 Å². The van der Waals surface area contributed by atoms with Crippen LogP contribution < -0.4 is 10.5 Å². The third-order valence-electron chi connectivity index (χ3n) is 2.80. The quantitative estimate of drug-likeness (QED) is 0.895. The number of hydrogen-bond acceptors (Lipinski definition) is 5. The molecule has 0 saturated heterocycles. The lowest BCUT2D eigenvalue weighted by atomic mass is 10.1. The predicted octanol–water partition coefficient (Wildman–Crippen LogP) is 2.79. The fourth-order valence-corrected chi connectivity index (χ4v) is 1.87. The largest absolute Gasteiger partial charge is 0.497 e. The van der Waals surface area contributed by atoms with E-state index in [0.717, 1.165) is 17.7 Å². The van der Waals surface area contributed by atoms with Crippen LogP contribution in [0.1, 0.15) is 32.2 Å². The third kappa shape index (κ3) is 3.32. The second kappa shape index (κ2) is 5.84. The molecule has 0 fully saturated rings. The summed E-state index contributed by atoms with van der Waals surface area (Å²) >= 11 is 0. The average molecular weight is 261 g/mol. The van der Waals surface area contributed by atoms with Crippen LogP contribution in [0.25, 0.3) is 11.5 Å². The number of nitrogens with two attached hydrogens (primary N) is 1. The third-order valence-corrected chi connectivity index (χ3v) is 2.80. The van der Waals surface area contributed by atoms with Gasteiger partial charge in [-0.3, -0.25) is 0 Å². The number of rotatable bonds is 5. The molecule has 1 aromatic carbocycles. The molecule has 0 aliphatic heterocycles. The Morgan fingerprint density at radius 2 is 2.11 bits per heavy atom. The average Bonchev–Trinajstić information content (AvgIpc) is 2.88. The van der Waals surface area contributed by atoms with Gasteiger partial charge in [0.1, 0.15) is 5.75 Å². The van der Waals surface area contributed by atoms with E-state index in [-0.39, 0.29) is 6.04 Å². The molecule has 0 aliphatic carbocycles. The van der Waals surface area contributed by atoms with Crippen molar-refractivity contribution >= 4 is 0 Å². The molecule has 0 spiro atoms. The highest BCUT2D eigenvalue weighted by molar-refractivity contribution is 5.55. The van der Waals surface area contributed by atoms with Crippen molar-refractivity contribution in [2.45, 2.75) is 26.3 Å². The predicted molar refractivity (Wildman–Crippen MR) is 72.7 cm³/mol. The second-order valence-corrected chi connectivity index (χ2v) is 4.91.